The van der Waals surface area contributed by atoms with Gasteiger partial charge >= 0.3 is 0 Å². The van der Waals surface area contributed by atoms with Crippen molar-refractivity contribution in [3.8, 4) is 0 Å². The van der Waals surface area contributed by atoms with Gasteiger partial charge in [0.25, 0.3) is 0 Å². The lowest BCUT2D eigenvalue weighted by atomic mass is 9.99. The maximum Gasteiger partial charge on any atom is 0.159 e. The van der Waals surface area contributed by atoms with Gasteiger partial charge in [0.15, 0.2) is 5.78 Å². The van der Waals surface area contributed by atoms with Crippen molar-refractivity contribution in [1.29, 1.82) is 0 Å². The van der Waals surface area contributed by atoms with Crippen LogP contribution in [0.4, 0.5) is 0 Å². The highest BCUT2D eigenvalue weighted by atomic mass is 16.1. The molecular weight excluding hydrogens is 160 g/mol. The van der Waals surface area contributed by atoms with Crippen LogP contribution in [0.1, 0.15) is 27.7 Å². The predicted molar refractivity (Wildman–Crippen MR) is 57.6 cm³/mol. The molecule has 0 aromatic heterocycles. The van der Waals surface area contributed by atoms with E-state index in [0.717, 1.165) is 11.1 Å². The number of allylic oxidation sites excluding steroid dienone is 5. The maximum absolute atomic E-state index is 11.3. The molecule has 0 amide bonds. The molecule has 13 heavy (non-hydrogen) atoms. The molecule has 0 aromatic rings. The summed E-state index contributed by atoms with van der Waals surface area (Å²) in [6.07, 6.45) is 5.54. The Morgan fingerprint density at radius 2 is 1.85 bits per heavy atom. The Kier molecular flexibility index (Phi) is 5.05. The van der Waals surface area contributed by atoms with Crippen LogP contribution in [0.3, 0.4) is 0 Å². The molecule has 0 radical (unpaired) electrons. The van der Waals surface area contributed by atoms with Crippen LogP contribution in [0.15, 0.2) is 36.0 Å². The number of Topliss-reactive ketones (excluding diaryl/α,β-unsaturated/α-hetero) is 1. The van der Waals surface area contributed by atoms with Crippen molar-refractivity contribution >= 4 is 5.78 Å². The zero-order valence-corrected chi connectivity index (χ0v) is 8.92. The molecular formula is C12H18O. The summed E-state index contributed by atoms with van der Waals surface area (Å²) in [7, 11) is 0. The fourth-order valence-corrected chi connectivity index (χ4v) is 1.13. The van der Waals surface area contributed by atoms with Crippen molar-refractivity contribution in [3.05, 3.63) is 36.0 Å². The van der Waals surface area contributed by atoms with Crippen LogP contribution < -0.4 is 0 Å². The normalized spacial score (nSPS) is 13.3. The van der Waals surface area contributed by atoms with E-state index in [1.807, 2.05) is 19.1 Å². The maximum atomic E-state index is 11.3. The van der Waals surface area contributed by atoms with Crippen molar-refractivity contribution in [2.75, 3.05) is 0 Å². The molecule has 0 rings (SSSR count). The average Bonchev–Trinajstić information content (AvgIpc) is 1.99. The Morgan fingerprint density at radius 3 is 2.15 bits per heavy atom. The molecule has 0 aliphatic heterocycles. The molecule has 0 N–H and O–H groups in total. The number of hydrogen-bond donors (Lipinski definition) is 0. The summed E-state index contributed by atoms with van der Waals surface area (Å²) in [5.41, 5.74) is 1.78. The van der Waals surface area contributed by atoms with Gasteiger partial charge in [0.05, 0.1) is 0 Å². The molecule has 1 heteroatoms. The van der Waals surface area contributed by atoms with E-state index >= 15 is 0 Å². The van der Waals surface area contributed by atoms with E-state index < -0.39 is 0 Å². The van der Waals surface area contributed by atoms with Gasteiger partial charge in [-0.1, -0.05) is 38.7 Å². The zero-order chi connectivity index (χ0) is 10.4. The van der Waals surface area contributed by atoms with E-state index in [1.165, 1.54) is 0 Å². The third-order valence-corrected chi connectivity index (χ3v) is 1.67. The molecule has 0 aliphatic carbocycles. The van der Waals surface area contributed by atoms with Crippen molar-refractivity contribution in [2.24, 2.45) is 5.92 Å². The van der Waals surface area contributed by atoms with Gasteiger partial charge in [0.2, 0.25) is 0 Å². The number of carbonyl (C=O) groups excluding carboxylic acids is 1. The number of rotatable bonds is 4. The van der Waals surface area contributed by atoms with Gasteiger partial charge in [0.1, 0.15) is 0 Å². The summed E-state index contributed by atoms with van der Waals surface area (Å²) in [4.78, 5) is 11.3. The fourth-order valence-electron chi connectivity index (χ4n) is 1.13. The molecule has 0 saturated carbocycles. The summed E-state index contributed by atoms with van der Waals surface area (Å²) < 4.78 is 0. The lowest BCUT2D eigenvalue weighted by Gasteiger charge is -2.05. The first-order valence-corrected chi connectivity index (χ1v) is 4.51. The second kappa shape index (κ2) is 5.52. The molecule has 0 spiro atoms. The average molecular weight is 178 g/mol. The van der Waals surface area contributed by atoms with E-state index in [1.54, 1.807) is 13.0 Å². The molecule has 0 fully saturated rings. The molecule has 72 valence electrons. The highest BCUT2D eigenvalue weighted by Gasteiger charge is 2.05. The van der Waals surface area contributed by atoms with Gasteiger partial charge in [-0.25, -0.2) is 0 Å². The van der Waals surface area contributed by atoms with Crippen LogP contribution in [0.5, 0.6) is 0 Å². The van der Waals surface area contributed by atoms with Crippen LogP contribution in [0.25, 0.3) is 0 Å². The molecule has 0 bridgehead atoms. The minimum absolute atomic E-state index is 0.115. The molecule has 0 atom stereocenters. The third-order valence-electron chi connectivity index (χ3n) is 1.67. The van der Waals surface area contributed by atoms with Gasteiger partial charge in [-0.15, -0.1) is 0 Å². The molecule has 0 saturated heterocycles. The lowest BCUT2D eigenvalue weighted by Crippen LogP contribution is -2.00. The fraction of sp³-hybridized carbons (Fsp3) is 0.417. The topological polar surface area (TPSA) is 17.1 Å². The summed E-state index contributed by atoms with van der Waals surface area (Å²) >= 11 is 0. The molecule has 0 unspecified atom stereocenters. The second-order valence-corrected chi connectivity index (χ2v) is 3.47. The molecule has 0 heterocycles. The first-order valence-electron chi connectivity index (χ1n) is 4.51. The largest absolute Gasteiger partial charge is 0.295 e. The third kappa shape index (κ3) is 4.46. The van der Waals surface area contributed by atoms with Gasteiger partial charge in [0, 0.05) is 5.57 Å². The Labute approximate surface area is 80.8 Å². The summed E-state index contributed by atoms with van der Waals surface area (Å²) in [5, 5.41) is 0. The van der Waals surface area contributed by atoms with Crippen molar-refractivity contribution in [1.82, 2.24) is 0 Å². The first-order chi connectivity index (χ1) is 5.99. The second-order valence-electron chi connectivity index (χ2n) is 3.47. The SMILES string of the molecule is C=C/C=C(C)\C(=C/C(C)C)C(C)=O. The Bertz CT molecular complexity index is 254. The van der Waals surface area contributed by atoms with Crippen molar-refractivity contribution in [2.45, 2.75) is 27.7 Å². The van der Waals surface area contributed by atoms with Gasteiger partial charge < -0.3 is 0 Å². The smallest absolute Gasteiger partial charge is 0.159 e. The van der Waals surface area contributed by atoms with Crippen molar-refractivity contribution in [3.63, 3.8) is 0 Å². The predicted octanol–water partition coefficient (Wildman–Crippen LogP) is 3.29. The standard InChI is InChI=1S/C12H18O/c1-6-7-10(4)12(11(5)13)8-9(2)3/h6-9H,1H2,2-5H3/b10-7-,12-8+. The van der Waals surface area contributed by atoms with E-state index in [0.29, 0.717) is 5.92 Å². The monoisotopic (exact) mass is 178 g/mol. The van der Waals surface area contributed by atoms with E-state index in [9.17, 15) is 4.79 Å². The van der Waals surface area contributed by atoms with Gasteiger partial charge in [-0.2, -0.15) is 0 Å². The minimum atomic E-state index is 0.115. The zero-order valence-electron chi connectivity index (χ0n) is 8.92. The lowest BCUT2D eigenvalue weighted by molar-refractivity contribution is -0.113. The number of ketones is 1. The van der Waals surface area contributed by atoms with Gasteiger partial charge in [-0.05, 0) is 25.3 Å². The van der Waals surface area contributed by atoms with Crippen LogP contribution in [0.2, 0.25) is 0 Å². The molecule has 1 nitrogen and oxygen atoms in total. The summed E-state index contributed by atoms with van der Waals surface area (Å²) in [6.45, 7) is 11.2. The van der Waals surface area contributed by atoms with Crippen LogP contribution in [0, 0.1) is 5.92 Å². The summed E-state index contributed by atoms with van der Waals surface area (Å²) in [5.74, 6) is 0.511. The quantitative estimate of drug-likeness (QED) is 0.477. The van der Waals surface area contributed by atoms with E-state index in [2.05, 4.69) is 20.4 Å². The minimum Gasteiger partial charge on any atom is -0.295 e. The van der Waals surface area contributed by atoms with Crippen LogP contribution in [-0.4, -0.2) is 5.78 Å². The molecule has 0 aliphatic rings. The van der Waals surface area contributed by atoms with E-state index in [-0.39, 0.29) is 5.78 Å². The van der Waals surface area contributed by atoms with Crippen LogP contribution in [-0.2, 0) is 4.79 Å². The Hall–Kier alpha value is -1.11. The Morgan fingerprint density at radius 1 is 1.31 bits per heavy atom. The highest BCUT2D eigenvalue weighted by molar-refractivity contribution is 5.97. The molecule has 0 aromatic carbocycles. The highest BCUT2D eigenvalue weighted by Crippen LogP contribution is 2.13. The first kappa shape index (κ1) is 11.9. The Balaban J connectivity index is 4.92. The van der Waals surface area contributed by atoms with Crippen LogP contribution >= 0.6 is 0 Å². The number of carbonyl (C=O) groups is 1. The van der Waals surface area contributed by atoms with Crippen molar-refractivity contribution < 1.29 is 4.79 Å². The van der Waals surface area contributed by atoms with E-state index in [4.69, 9.17) is 0 Å². The summed E-state index contributed by atoms with van der Waals surface area (Å²) in [6, 6.07) is 0. The van der Waals surface area contributed by atoms with Gasteiger partial charge in [-0.3, -0.25) is 4.79 Å². The number of hydrogen-bond acceptors (Lipinski definition) is 1.